The highest BCUT2D eigenvalue weighted by atomic mass is 32.1. The summed E-state index contributed by atoms with van der Waals surface area (Å²) >= 11 is 1.60. The average Bonchev–Trinajstić information content (AvgIpc) is 2.79. The van der Waals surface area contributed by atoms with E-state index in [-0.39, 0.29) is 6.61 Å². The van der Waals surface area contributed by atoms with Crippen molar-refractivity contribution in [2.24, 2.45) is 0 Å². The minimum absolute atomic E-state index is 0.174. The third-order valence-corrected chi connectivity index (χ3v) is 3.26. The van der Waals surface area contributed by atoms with E-state index >= 15 is 0 Å². The van der Waals surface area contributed by atoms with Crippen LogP contribution in [0.5, 0.6) is 0 Å². The lowest BCUT2D eigenvalue weighted by molar-refractivity contribution is 0.216. The van der Waals surface area contributed by atoms with Crippen LogP contribution >= 0.6 is 11.3 Å². The zero-order valence-corrected chi connectivity index (χ0v) is 10.5. The van der Waals surface area contributed by atoms with Crippen molar-refractivity contribution in [1.29, 1.82) is 0 Å². The van der Waals surface area contributed by atoms with Gasteiger partial charge in [-0.25, -0.2) is 4.98 Å². The fourth-order valence-corrected chi connectivity index (χ4v) is 2.30. The lowest BCUT2D eigenvalue weighted by Crippen LogP contribution is -2.21. The molecule has 0 spiro atoms. The standard InChI is InChI=1S/C12H15N3OS/c1-15(6-7-16)8-10-9-17-12(14-10)11-4-2-3-5-13-11/h2-5,9,16H,6-8H2,1H3. The number of aliphatic hydroxyl groups excluding tert-OH is 1. The molecule has 0 unspecified atom stereocenters. The second-order valence-corrected chi connectivity index (χ2v) is 4.68. The van der Waals surface area contributed by atoms with Crippen molar-refractivity contribution in [3.63, 3.8) is 0 Å². The quantitative estimate of drug-likeness (QED) is 0.875. The van der Waals surface area contributed by atoms with Gasteiger partial charge in [-0.1, -0.05) is 6.07 Å². The molecule has 0 fully saturated rings. The highest BCUT2D eigenvalue weighted by Gasteiger charge is 2.07. The van der Waals surface area contributed by atoms with Crippen LogP contribution in [0.15, 0.2) is 29.8 Å². The van der Waals surface area contributed by atoms with Gasteiger partial charge in [-0.2, -0.15) is 0 Å². The number of likely N-dealkylation sites (N-methyl/N-ethyl adjacent to an activating group) is 1. The van der Waals surface area contributed by atoms with Crippen LogP contribution in [-0.2, 0) is 6.54 Å². The van der Waals surface area contributed by atoms with Gasteiger partial charge in [0.2, 0.25) is 0 Å². The lowest BCUT2D eigenvalue weighted by atomic mass is 10.3. The number of aromatic nitrogens is 2. The maximum absolute atomic E-state index is 8.83. The maximum Gasteiger partial charge on any atom is 0.142 e. The molecule has 90 valence electrons. The molecule has 5 heteroatoms. The molecule has 0 bridgehead atoms. The summed E-state index contributed by atoms with van der Waals surface area (Å²) in [5.41, 5.74) is 1.93. The van der Waals surface area contributed by atoms with E-state index in [1.165, 1.54) is 0 Å². The van der Waals surface area contributed by atoms with Gasteiger partial charge >= 0.3 is 0 Å². The fraction of sp³-hybridized carbons (Fsp3) is 0.333. The molecule has 17 heavy (non-hydrogen) atoms. The topological polar surface area (TPSA) is 49.2 Å². The Morgan fingerprint density at radius 1 is 1.41 bits per heavy atom. The van der Waals surface area contributed by atoms with E-state index in [4.69, 9.17) is 5.11 Å². The molecule has 2 aromatic rings. The second kappa shape index (κ2) is 5.86. The number of rotatable bonds is 5. The van der Waals surface area contributed by atoms with Crippen LogP contribution in [0.25, 0.3) is 10.7 Å². The van der Waals surface area contributed by atoms with Crippen LogP contribution in [0.2, 0.25) is 0 Å². The first kappa shape index (κ1) is 12.2. The fourth-order valence-electron chi connectivity index (χ4n) is 1.51. The molecular weight excluding hydrogens is 234 g/mol. The molecule has 0 saturated carbocycles. The molecule has 2 rings (SSSR count). The third kappa shape index (κ3) is 3.33. The van der Waals surface area contributed by atoms with E-state index < -0.39 is 0 Å². The number of aliphatic hydroxyl groups is 1. The highest BCUT2D eigenvalue weighted by Crippen LogP contribution is 2.21. The SMILES string of the molecule is CN(CCO)Cc1csc(-c2ccccn2)n1. The number of hydrogen-bond acceptors (Lipinski definition) is 5. The molecule has 0 atom stereocenters. The van der Waals surface area contributed by atoms with Gasteiger partial charge in [-0.3, -0.25) is 9.88 Å². The summed E-state index contributed by atoms with van der Waals surface area (Å²) in [7, 11) is 1.97. The van der Waals surface area contributed by atoms with Gasteiger partial charge in [-0.05, 0) is 19.2 Å². The minimum atomic E-state index is 0.174. The predicted octanol–water partition coefficient (Wildman–Crippen LogP) is 1.63. The summed E-state index contributed by atoms with van der Waals surface area (Å²) in [5.74, 6) is 0. The number of pyridine rings is 1. The molecule has 2 heterocycles. The molecule has 0 saturated heterocycles. The van der Waals surface area contributed by atoms with E-state index in [9.17, 15) is 0 Å². The number of thiazole rings is 1. The van der Waals surface area contributed by atoms with Crippen molar-refractivity contribution in [3.8, 4) is 10.7 Å². The van der Waals surface area contributed by atoms with Gasteiger partial charge in [0, 0.05) is 24.7 Å². The molecule has 0 aliphatic heterocycles. The van der Waals surface area contributed by atoms with Crippen LogP contribution in [-0.4, -0.2) is 40.2 Å². The van der Waals surface area contributed by atoms with Crippen molar-refractivity contribution in [2.75, 3.05) is 20.2 Å². The molecule has 0 radical (unpaired) electrons. The van der Waals surface area contributed by atoms with Crippen LogP contribution in [0.1, 0.15) is 5.69 Å². The predicted molar refractivity (Wildman–Crippen MR) is 68.8 cm³/mol. The average molecular weight is 249 g/mol. The van der Waals surface area contributed by atoms with Crippen molar-refractivity contribution in [3.05, 3.63) is 35.5 Å². The largest absolute Gasteiger partial charge is 0.395 e. The molecule has 0 aliphatic rings. The van der Waals surface area contributed by atoms with E-state index in [1.807, 2.05) is 35.5 Å². The van der Waals surface area contributed by atoms with E-state index in [2.05, 4.69) is 9.97 Å². The van der Waals surface area contributed by atoms with E-state index in [1.54, 1.807) is 17.5 Å². The monoisotopic (exact) mass is 249 g/mol. The van der Waals surface area contributed by atoms with Crippen molar-refractivity contribution in [1.82, 2.24) is 14.9 Å². The first-order valence-electron chi connectivity index (χ1n) is 5.45. The Hall–Kier alpha value is -1.30. The lowest BCUT2D eigenvalue weighted by Gasteiger charge is -2.12. The van der Waals surface area contributed by atoms with Crippen molar-refractivity contribution < 1.29 is 5.11 Å². The molecule has 0 aromatic carbocycles. The summed E-state index contributed by atoms with van der Waals surface area (Å²) in [6, 6.07) is 5.81. The van der Waals surface area contributed by atoms with Gasteiger partial charge in [0.05, 0.1) is 18.0 Å². The Labute approximate surface area is 105 Å². The minimum Gasteiger partial charge on any atom is -0.395 e. The second-order valence-electron chi connectivity index (χ2n) is 3.82. The number of hydrogen-bond donors (Lipinski definition) is 1. The van der Waals surface area contributed by atoms with Gasteiger partial charge in [-0.15, -0.1) is 11.3 Å². The Morgan fingerprint density at radius 3 is 3.00 bits per heavy atom. The summed E-state index contributed by atoms with van der Waals surface area (Å²) in [6.07, 6.45) is 1.77. The summed E-state index contributed by atoms with van der Waals surface area (Å²) in [6.45, 7) is 1.59. The van der Waals surface area contributed by atoms with Gasteiger partial charge < -0.3 is 5.11 Å². The van der Waals surface area contributed by atoms with Crippen LogP contribution in [0.4, 0.5) is 0 Å². The molecular formula is C12H15N3OS. The molecule has 0 amide bonds. The van der Waals surface area contributed by atoms with Crippen molar-refractivity contribution in [2.45, 2.75) is 6.54 Å². The van der Waals surface area contributed by atoms with Gasteiger partial charge in [0.25, 0.3) is 0 Å². The van der Waals surface area contributed by atoms with Gasteiger partial charge in [0.15, 0.2) is 0 Å². The first-order valence-corrected chi connectivity index (χ1v) is 6.33. The smallest absolute Gasteiger partial charge is 0.142 e. The molecule has 2 aromatic heterocycles. The Bertz CT molecular complexity index is 458. The van der Waals surface area contributed by atoms with Crippen molar-refractivity contribution >= 4 is 11.3 Å². The summed E-state index contributed by atoms with van der Waals surface area (Å²) < 4.78 is 0. The molecule has 1 N–H and O–H groups in total. The van der Waals surface area contributed by atoms with Crippen LogP contribution < -0.4 is 0 Å². The summed E-state index contributed by atoms with van der Waals surface area (Å²) in [5, 5.41) is 11.8. The number of nitrogens with zero attached hydrogens (tertiary/aromatic N) is 3. The maximum atomic E-state index is 8.83. The zero-order valence-electron chi connectivity index (χ0n) is 9.71. The molecule has 0 aliphatic carbocycles. The Balaban J connectivity index is 2.06. The van der Waals surface area contributed by atoms with Gasteiger partial charge in [0.1, 0.15) is 5.01 Å². The van der Waals surface area contributed by atoms with E-state index in [0.29, 0.717) is 6.54 Å². The van der Waals surface area contributed by atoms with Crippen LogP contribution in [0, 0.1) is 0 Å². The summed E-state index contributed by atoms with van der Waals surface area (Å²) in [4.78, 5) is 10.8. The Morgan fingerprint density at radius 2 is 2.29 bits per heavy atom. The Kier molecular flexibility index (Phi) is 4.19. The third-order valence-electron chi connectivity index (χ3n) is 2.35. The first-order chi connectivity index (χ1) is 8.29. The zero-order chi connectivity index (χ0) is 12.1. The van der Waals surface area contributed by atoms with Crippen LogP contribution in [0.3, 0.4) is 0 Å². The normalized spacial score (nSPS) is 11.0. The van der Waals surface area contributed by atoms with E-state index in [0.717, 1.165) is 22.9 Å². The molecule has 4 nitrogen and oxygen atoms in total. The highest BCUT2D eigenvalue weighted by molar-refractivity contribution is 7.13.